The summed E-state index contributed by atoms with van der Waals surface area (Å²) in [6.45, 7) is 2.88. The minimum atomic E-state index is 0.0684. The molecule has 104 valence electrons. The van der Waals surface area contributed by atoms with Crippen LogP contribution in [0.15, 0.2) is 47.1 Å². The number of hydrogen-bond donors (Lipinski definition) is 1. The molecule has 4 nitrogen and oxygen atoms in total. The molecule has 0 radical (unpaired) electrons. The third-order valence-electron chi connectivity index (χ3n) is 2.99. The van der Waals surface area contributed by atoms with E-state index in [9.17, 15) is 0 Å². The van der Waals surface area contributed by atoms with Crippen LogP contribution >= 0.6 is 0 Å². The van der Waals surface area contributed by atoms with Crippen LogP contribution in [0.2, 0.25) is 0 Å². The first kappa shape index (κ1) is 14.2. The van der Waals surface area contributed by atoms with Crippen LogP contribution in [0.4, 0.5) is 0 Å². The van der Waals surface area contributed by atoms with Gasteiger partial charge in [0, 0.05) is 24.6 Å². The van der Waals surface area contributed by atoms with Crippen molar-refractivity contribution in [3.8, 4) is 11.8 Å². The summed E-state index contributed by atoms with van der Waals surface area (Å²) >= 11 is 0. The number of nitrogens with zero attached hydrogens (tertiary/aromatic N) is 1. The first-order valence-corrected chi connectivity index (χ1v) is 6.63. The minimum absolute atomic E-state index is 0.0684. The van der Waals surface area contributed by atoms with Gasteiger partial charge >= 0.3 is 0 Å². The normalized spacial score (nSPS) is 11.8. The van der Waals surface area contributed by atoms with Gasteiger partial charge in [0.1, 0.15) is 17.6 Å². The van der Waals surface area contributed by atoms with Crippen LogP contribution < -0.4 is 10.1 Å². The first-order valence-electron chi connectivity index (χ1n) is 6.63. The highest BCUT2D eigenvalue weighted by atomic mass is 16.5. The molecule has 0 saturated heterocycles. The molecule has 1 aromatic carbocycles. The zero-order chi connectivity index (χ0) is 14.2. The second kappa shape index (κ2) is 7.37. The highest BCUT2D eigenvalue weighted by Gasteiger charge is 2.07. The highest BCUT2D eigenvalue weighted by Crippen LogP contribution is 2.17. The number of nitrogens with one attached hydrogen (secondary N) is 1. The largest absolute Gasteiger partial charge is 0.478 e. The fraction of sp³-hybridized carbons (Fsp3) is 0.312. The molecule has 1 aromatic heterocycles. The summed E-state index contributed by atoms with van der Waals surface area (Å²) in [5.41, 5.74) is 1.05. The van der Waals surface area contributed by atoms with Crippen LogP contribution in [-0.2, 0) is 13.0 Å². The monoisotopic (exact) mass is 270 g/mol. The van der Waals surface area contributed by atoms with Gasteiger partial charge in [-0.1, -0.05) is 18.2 Å². The van der Waals surface area contributed by atoms with Crippen molar-refractivity contribution >= 4 is 0 Å². The Hall–Kier alpha value is -2.25. The molecule has 0 saturated carbocycles. The van der Waals surface area contributed by atoms with Gasteiger partial charge in [-0.3, -0.25) is 0 Å². The minimum Gasteiger partial charge on any atom is -0.478 e. The van der Waals surface area contributed by atoms with Crippen LogP contribution in [-0.4, -0.2) is 12.6 Å². The maximum Gasteiger partial charge on any atom is 0.174 e. The van der Waals surface area contributed by atoms with Gasteiger partial charge in [-0.2, -0.15) is 5.26 Å². The molecule has 0 bridgehead atoms. The number of benzene rings is 1. The van der Waals surface area contributed by atoms with Crippen LogP contribution in [0.3, 0.4) is 0 Å². The predicted octanol–water partition coefficient (Wildman–Crippen LogP) is 2.90. The van der Waals surface area contributed by atoms with Crippen molar-refractivity contribution in [2.45, 2.75) is 25.9 Å². The average Bonchev–Trinajstić information content (AvgIpc) is 2.96. The summed E-state index contributed by atoms with van der Waals surface area (Å²) in [7, 11) is 0. The van der Waals surface area contributed by atoms with Gasteiger partial charge in [0.15, 0.2) is 6.61 Å². The number of furan rings is 1. The second-order valence-electron chi connectivity index (χ2n) is 4.62. The van der Waals surface area contributed by atoms with Gasteiger partial charge in [-0.05, 0) is 25.1 Å². The standard InChI is InChI=1S/C16H18N2O2/c1-13(11-15-6-4-9-19-15)18-12-14-5-2-3-7-16(14)20-10-8-17/h2-7,9,13,18H,10-12H2,1H3. The molecule has 20 heavy (non-hydrogen) atoms. The zero-order valence-corrected chi connectivity index (χ0v) is 11.5. The van der Waals surface area contributed by atoms with E-state index in [2.05, 4.69) is 12.2 Å². The van der Waals surface area contributed by atoms with Gasteiger partial charge in [-0.15, -0.1) is 0 Å². The maximum absolute atomic E-state index is 8.58. The molecule has 2 aromatic rings. The Morgan fingerprint density at radius 3 is 2.90 bits per heavy atom. The van der Waals surface area contributed by atoms with Crippen molar-refractivity contribution in [2.24, 2.45) is 0 Å². The highest BCUT2D eigenvalue weighted by molar-refractivity contribution is 5.33. The summed E-state index contributed by atoms with van der Waals surface area (Å²) in [5.74, 6) is 1.73. The quantitative estimate of drug-likeness (QED) is 0.840. The van der Waals surface area contributed by atoms with Crippen molar-refractivity contribution < 1.29 is 9.15 Å². The number of rotatable bonds is 7. The maximum atomic E-state index is 8.58. The Kier molecular flexibility index (Phi) is 5.22. The summed E-state index contributed by atoms with van der Waals surface area (Å²) in [4.78, 5) is 0. The SMILES string of the molecule is CC(Cc1ccco1)NCc1ccccc1OCC#N. The Bertz CT molecular complexity index is 558. The molecular weight excluding hydrogens is 252 g/mol. The fourth-order valence-electron chi connectivity index (χ4n) is 1.99. The number of para-hydroxylation sites is 1. The number of nitriles is 1. The summed E-state index contributed by atoms with van der Waals surface area (Å²) in [5, 5.41) is 12.0. The Labute approximate surface area is 119 Å². The van der Waals surface area contributed by atoms with E-state index in [4.69, 9.17) is 14.4 Å². The van der Waals surface area contributed by atoms with Crippen molar-refractivity contribution in [1.29, 1.82) is 5.26 Å². The molecule has 2 rings (SSSR count). The fourth-order valence-corrected chi connectivity index (χ4v) is 1.99. The van der Waals surface area contributed by atoms with Gasteiger partial charge in [0.2, 0.25) is 0 Å². The third kappa shape index (κ3) is 4.15. The van der Waals surface area contributed by atoms with Crippen LogP contribution in [0.25, 0.3) is 0 Å². The topological polar surface area (TPSA) is 58.2 Å². The Morgan fingerprint density at radius 1 is 1.30 bits per heavy atom. The van der Waals surface area contributed by atoms with Crippen LogP contribution in [0.5, 0.6) is 5.75 Å². The van der Waals surface area contributed by atoms with Gasteiger partial charge in [-0.25, -0.2) is 0 Å². The predicted molar refractivity (Wildman–Crippen MR) is 76.3 cm³/mol. The van der Waals surface area contributed by atoms with E-state index in [-0.39, 0.29) is 6.61 Å². The van der Waals surface area contributed by atoms with Crippen LogP contribution in [0.1, 0.15) is 18.2 Å². The molecule has 0 fully saturated rings. The van der Waals surface area contributed by atoms with Gasteiger partial charge in [0.05, 0.1) is 6.26 Å². The Morgan fingerprint density at radius 2 is 2.15 bits per heavy atom. The average molecular weight is 270 g/mol. The summed E-state index contributed by atoms with van der Waals surface area (Å²) < 4.78 is 10.7. The third-order valence-corrected chi connectivity index (χ3v) is 2.99. The molecule has 0 spiro atoms. The van der Waals surface area contributed by atoms with E-state index >= 15 is 0 Å². The smallest absolute Gasteiger partial charge is 0.174 e. The van der Waals surface area contributed by atoms with Gasteiger partial charge in [0.25, 0.3) is 0 Å². The second-order valence-corrected chi connectivity index (χ2v) is 4.62. The van der Waals surface area contributed by atoms with E-state index in [0.29, 0.717) is 12.6 Å². The molecule has 0 aliphatic heterocycles. The lowest BCUT2D eigenvalue weighted by Crippen LogP contribution is -2.27. The van der Waals surface area contributed by atoms with E-state index in [0.717, 1.165) is 23.5 Å². The number of ether oxygens (including phenoxy) is 1. The van der Waals surface area contributed by atoms with Crippen molar-refractivity contribution in [1.82, 2.24) is 5.32 Å². The molecule has 0 amide bonds. The van der Waals surface area contributed by atoms with Crippen LogP contribution in [0, 0.1) is 11.3 Å². The summed E-state index contributed by atoms with van der Waals surface area (Å²) in [6.07, 6.45) is 2.53. The molecule has 0 aliphatic rings. The number of hydrogen-bond acceptors (Lipinski definition) is 4. The molecule has 1 unspecified atom stereocenters. The van der Waals surface area contributed by atoms with Crippen molar-refractivity contribution in [2.75, 3.05) is 6.61 Å². The molecule has 1 atom stereocenters. The van der Waals surface area contributed by atoms with E-state index in [1.54, 1.807) is 6.26 Å². The molecule has 1 heterocycles. The van der Waals surface area contributed by atoms with E-state index < -0.39 is 0 Å². The molecule has 0 aliphatic carbocycles. The van der Waals surface area contributed by atoms with Crippen molar-refractivity contribution in [3.05, 3.63) is 54.0 Å². The van der Waals surface area contributed by atoms with Crippen molar-refractivity contribution in [3.63, 3.8) is 0 Å². The lowest BCUT2D eigenvalue weighted by atomic mass is 10.1. The van der Waals surface area contributed by atoms with Gasteiger partial charge < -0.3 is 14.5 Å². The zero-order valence-electron chi connectivity index (χ0n) is 11.5. The Balaban J connectivity index is 1.88. The molecular formula is C16H18N2O2. The molecule has 1 N–H and O–H groups in total. The molecule has 4 heteroatoms. The van der Waals surface area contributed by atoms with E-state index in [1.807, 2.05) is 42.5 Å². The lowest BCUT2D eigenvalue weighted by molar-refractivity contribution is 0.361. The summed E-state index contributed by atoms with van der Waals surface area (Å²) in [6, 6.07) is 13.9. The first-order chi connectivity index (χ1) is 9.79. The van der Waals surface area contributed by atoms with E-state index in [1.165, 1.54) is 0 Å². The lowest BCUT2D eigenvalue weighted by Gasteiger charge is -2.14.